The van der Waals surface area contributed by atoms with Crippen molar-refractivity contribution < 1.29 is 19.0 Å². The van der Waals surface area contributed by atoms with Crippen LogP contribution in [0.2, 0.25) is 5.15 Å². The summed E-state index contributed by atoms with van der Waals surface area (Å²) in [5, 5.41) is 5.46. The van der Waals surface area contributed by atoms with Gasteiger partial charge in [-0.25, -0.2) is 19.4 Å². The second kappa shape index (κ2) is 8.71. The number of hydrogen-bond acceptors (Lipinski definition) is 7. The first kappa shape index (κ1) is 21.2. The number of ether oxygens (including phenoxy) is 3. The molecule has 33 heavy (non-hydrogen) atoms. The topological polar surface area (TPSA) is 88.4 Å². The van der Waals surface area contributed by atoms with Crippen molar-refractivity contribution in [3.8, 4) is 22.8 Å². The molecule has 0 saturated heterocycles. The van der Waals surface area contributed by atoms with Crippen LogP contribution in [0.3, 0.4) is 0 Å². The normalized spacial score (nSPS) is 12.8. The summed E-state index contributed by atoms with van der Waals surface area (Å²) >= 11 is 5.83. The number of esters is 1. The summed E-state index contributed by atoms with van der Waals surface area (Å²) in [7, 11) is 0. The fraction of sp³-hybridized carbons (Fsp3) is 0.250. The molecule has 0 aliphatic carbocycles. The van der Waals surface area contributed by atoms with Gasteiger partial charge in [0.15, 0.2) is 17.1 Å². The van der Waals surface area contributed by atoms with Gasteiger partial charge in [-0.2, -0.15) is 5.10 Å². The molecule has 0 fully saturated rings. The lowest BCUT2D eigenvalue weighted by molar-refractivity contribution is 0.0474. The number of halogens is 1. The smallest absolute Gasteiger partial charge is 0.339 e. The highest BCUT2D eigenvalue weighted by atomic mass is 35.5. The van der Waals surface area contributed by atoms with E-state index in [1.807, 2.05) is 32.0 Å². The maximum atomic E-state index is 13.1. The number of carbonyl (C=O) groups excluding carboxylic acids is 1. The zero-order valence-corrected chi connectivity index (χ0v) is 18.9. The van der Waals surface area contributed by atoms with Crippen molar-refractivity contribution in [2.24, 2.45) is 0 Å². The maximum Gasteiger partial charge on any atom is 0.339 e. The van der Waals surface area contributed by atoms with Crippen LogP contribution in [0.4, 0.5) is 0 Å². The van der Waals surface area contributed by atoms with Gasteiger partial charge in [-0.05, 0) is 44.2 Å². The van der Waals surface area contributed by atoms with E-state index < -0.39 is 5.97 Å². The second-order valence-corrected chi connectivity index (χ2v) is 8.29. The summed E-state index contributed by atoms with van der Waals surface area (Å²) in [5.74, 6) is 0.867. The Balaban J connectivity index is 1.54. The SMILES string of the molecule is CC(C)n1ncc2c(C(=O)OCc3ccc(Cl)nc3)cc(-c3ccc4c(c3)OCCO4)nc21. The van der Waals surface area contributed by atoms with E-state index in [4.69, 9.17) is 30.8 Å². The van der Waals surface area contributed by atoms with Crippen molar-refractivity contribution in [3.05, 3.63) is 65.1 Å². The average molecular weight is 465 g/mol. The number of carbonyl (C=O) groups is 1. The Morgan fingerprint density at radius 2 is 1.94 bits per heavy atom. The molecule has 0 radical (unpaired) electrons. The van der Waals surface area contributed by atoms with E-state index in [1.54, 1.807) is 35.3 Å². The van der Waals surface area contributed by atoms with E-state index >= 15 is 0 Å². The Bertz CT molecular complexity index is 1330. The number of aromatic nitrogens is 4. The first-order valence-corrected chi connectivity index (χ1v) is 10.9. The molecule has 0 bridgehead atoms. The number of benzene rings is 1. The van der Waals surface area contributed by atoms with Gasteiger partial charge < -0.3 is 14.2 Å². The Hall–Kier alpha value is -3.65. The van der Waals surface area contributed by atoms with Crippen LogP contribution in [-0.4, -0.2) is 38.9 Å². The molecule has 4 heterocycles. The highest BCUT2D eigenvalue weighted by molar-refractivity contribution is 6.29. The van der Waals surface area contributed by atoms with Crippen molar-refractivity contribution in [1.82, 2.24) is 19.7 Å². The van der Waals surface area contributed by atoms with Gasteiger partial charge >= 0.3 is 5.97 Å². The van der Waals surface area contributed by atoms with Gasteiger partial charge in [0.25, 0.3) is 0 Å². The molecule has 0 atom stereocenters. The van der Waals surface area contributed by atoms with Crippen LogP contribution in [-0.2, 0) is 11.3 Å². The van der Waals surface area contributed by atoms with Crippen molar-refractivity contribution >= 4 is 28.6 Å². The monoisotopic (exact) mass is 464 g/mol. The summed E-state index contributed by atoms with van der Waals surface area (Å²) in [5.41, 5.74) is 3.15. The second-order valence-electron chi connectivity index (χ2n) is 7.90. The Morgan fingerprint density at radius 3 is 2.70 bits per heavy atom. The van der Waals surface area contributed by atoms with Crippen molar-refractivity contribution in [3.63, 3.8) is 0 Å². The van der Waals surface area contributed by atoms with E-state index in [1.165, 1.54) is 0 Å². The fourth-order valence-electron chi connectivity index (χ4n) is 3.63. The molecule has 3 aromatic heterocycles. The Morgan fingerprint density at radius 1 is 1.12 bits per heavy atom. The molecule has 0 unspecified atom stereocenters. The van der Waals surface area contributed by atoms with Crippen molar-refractivity contribution in [2.75, 3.05) is 13.2 Å². The van der Waals surface area contributed by atoms with Crippen LogP contribution in [0.1, 0.15) is 35.8 Å². The quantitative estimate of drug-likeness (QED) is 0.308. The molecule has 0 N–H and O–H groups in total. The number of hydrogen-bond donors (Lipinski definition) is 0. The molecule has 1 aliphatic heterocycles. The predicted molar refractivity (Wildman–Crippen MR) is 123 cm³/mol. The van der Waals surface area contributed by atoms with Crippen LogP contribution in [0.25, 0.3) is 22.3 Å². The zero-order valence-electron chi connectivity index (χ0n) is 18.1. The summed E-state index contributed by atoms with van der Waals surface area (Å²) in [6.45, 7) is 5.10. The van der Waals surface area contributed by atoms with Crippen molar-refractivity contribution in [1.29, 1.82) is 0 Å². The van der Waals surface area contributed by atoms with E-state index in [0.717, 1.165) is 11.1 Å². The molecule has 168 valence electrons. The third kappa shape index (κ3) is 4.21. The molecule has 0 amide bonds. The Kier molecular flexibility index (Phi) is 5.60. The molecular weight excluding hydrogens is 444 g/mol. The minimum Gasteiger partial charge on any atom is -0.486 e. The summed E-state index contributed by atoms with van der Waals surface area (Å²) in [4.78, 5) is 22.0. The molecule has 8 nitrogen and oxygen atoms in total. The van der Waals surface area contributed by atoms with E-state index in [2.05, 4.69) is 10.1 Å². The standard InChI is InChI=1S/C24H21ClN4O4/c1-14(2)29-23-18(12-27-29)17(24(30)33-13-15-3-6-22(25)26-11-15)10-19(28-23)16-4-5-20-21(9-16)32-8-7-31-20/h3-6,9-12,14H,7-8,13H2,1-2H3. The molecule has 5 rings (SSSR count). The van der Waals surface area contributed by atoms with Gasteiger partial charge in [0.05, 0.1) is 22.8 Å². The van der Waals surface area contributed by atoms with Crippen LogP contribution in [0.5, 0.6) is 11.5 Å². The predicted octanol–water partition coefficient (Wildman–Crippen LogP) is 4.86. The van der Waals surface area contributed by atoms with Gasteiger partial charge in [-0.1, -0.05) is 17.7 Å². The highest BCUT2D eigenvalue weighted by Gasteiger charge is 2.21. The van der Waals surface area contributed by atoms with E-state index in [-0.39, 0.29) is 12.6 Å². The minimum atomic E-state index is -0.473. The van der Waals surface area contributed by atoms with Crippen molar-refractivity contribution in [2.45, 2.75) is 26.5 Å². The van der Waals surface area contributed by atoms with Gasteiger partial charge in [-0.3, -0.25) is 0 Å². The number of nitrogens with zero attached hydrogens (tertiary/aromatic N) is 4. The first-order chi connectivity index (χ1) is 16.0. The van der Waals surface area contributed by atoms with Gasteiger partial charge in [-0.15, -0.1) is 0 Å². The van der Waals surface area contributed by atoms with Crippen LogP contribution in [0.15, 0.2) is 48.8 Å². The van der Waals surface area contributed by atoms with Crippen LogP contribution < -0.4 is 9.47 Å². The zero-order chi connectivity index (χ0) is 22.9. The largest absolute Gasteiger partial charge is 0.486 e. The lowest BCUT2D eigenvalue weighted by Gasteiger charge is -2.19. The molecule has 1 aliphatic rings. The molecule has 1 aromatic carbocycles. The highest BCUT2D eigenvalue weighted by Crippen LogP contribution is 2.35. The van der Waals surface area contributed by atoms with Crippen LogP contribution in [0, 0.1) is 0 Å². The molecule has 9 heteroatoms. The third-order valence-electron chi connectivity index (χ3n) is 5.27. The summed E-state index contributed by atoms with van der Waals surface area (Å²) < 4.78 is 18.7. The van der Waals surface area contributed by atoms with Gasteiger partial charge in [0.1, 0.15) is 25.0 Å². The lowest BCUT2D eigenvalue weighted by atomic mass is 10.1. The maximum absolute atomic E-state index is 13.1. The minimum absolute atomic E-state index is 0.0644. The van der Waals surface area contributed by atoms with Gasteiger partial charge in [0.2, 0.25) is 0 Å². The lowest BCUT2D eigenvalue weighted by Crippen LogP contribution is -2.15. The summed E-state index contributed by atoms with van der Waals surface area (Å²) in [6.07, 6.45) is 3.23. The van der Waals surface area contributed by atoms with E-state index in [9.17, 15) is 4.79 Å². The molecule has 0 spiro atoms. The summed E-state index contributed by atoms with van der Waals surface area (Å²) in [6, 6.07) is 10.8. The number of pyridine rings is 2. The Labute approximate surface area is 195 Å². The molecule has 4 aromatic rings. The fourth-order valence-corrected chi connectivity index (χ4v) is 3.75. The van der Waals surface area contributed by atoms with Crippen LogP contribution >= 0.6 is 11.6 Å². The number of rotatable bonds is 5. The molecule has 0 saturated carbocycles. The number of fused-ring (bicyclic) bond motifs is 2. The molecular formula is C24H21ClN4O4. The third-order valence-corrected chi connectivity index (χ3v) is 5.50. The first-order valence-electron chi connectivity index (χ1n) is 10.6. The van der Waals surface area contributed by atoms with Gasteiger partial charge in [0, 0.05) is 23.4 Å². The average Bonchev–Trinajstić information content (AvgIpc) is 3.27. The van der Waals surface area contributed by atoms with E-state index in [0.29, 0.717) is 52.2 Å².